The van der Waals surface area contributed by atoms with Crippen LogP contribution in [0.3, 0.4) is 0 Å². The fraction of sp³-hybridized carbons (Fsp3) is 0.333. The van der Waals surface area contributed by atoms with Gasteiger partial charge in [0.2, 0.25) is 5.91 Å². The summed E-state index contributed by atoms with van der Waals surface area (Å²) in [6.45, 7) is 4.36. The average Bonchev–Trinajstić information content (AvgIpc) is 3.00. The van der Waals surface area contributed by atoms with Crippen molar-refractivity contribution < 1.29 is 9.59 Å². The molecular formula is C21H25N5O2. The minimum atomic E-state index is -0.125. The third-order valence-corrected chi connectivity index (χ3v) is 4.47. The smallest absolute Gasteiger partial charge is 0.270 e. The molecule has 0 bridgehead atoms. The van der Waals surface area contributed by atoms with E-state index < -0.39 is 0 Å². The molecule has 0 aliphatic heterocycles. The zero-order valence-corrected chi connectivity index (χ0v) is 16.2. The second-order valence-electron chi connectivity index (χ2n) is 6.81. The summed E-state index contributed by atoms with van der Waals surface area (Å²) in [7, 11) is 0. The third-order valence-electron chi connectivity index (χ3n) is 4.47. The Morgan fingerprint density at radius 1 is 1.11 bits per heavy atom. The van der Waals surface area contributed by atoms with Gasteiger partial charge in [-0.25, -0.2) is 9.97 Å². The predicted molar refractivity (Wildman–Crippen MR) is 108 cm³/mol. The monoisotopic (exact) mass is 379 g/mol. The zero-order chi connectivity index (χ0) is 19.9. The number of aryl methyl sites for hydroxylation is 2. The highest BCUT2D eigenvalue weighted by molar-refractivity contribution is 5.94. The third kappa shape index (κ3) is 4.94. The van der Waals surface area contributed by atoms with Gasteiger partial charge in [0.1, 0.15) is 17.2 Å². The molecule has 0 atom stereocenters. The molecule has 0 unspecified atom stereocenters. The Kier molecular flexibility index (Phi) is 6.37. The normalized spacial score (nSPS) is 10.8. The molecule has 0 radical (unpaired) electrons. The van der Waals surface area contributed by atoms with Crippen molar-refractivity contribution in [2.75, 3.05) is 11.9 Å². The first-order valence-electron chi connectivity index (χ1n) is 9.49. The van der Waals surface area contributed by atoms with Gasteiger partial charge < -0.3 is 10.6 Å². The average molecular weight is 379 g/mol. The number of imidazole rings is 1. The lowest BCUT2D eigenvalue weighted by Crippen LogP contribution is -2.26. The Morgan fingerprint density at radius 2 is 1.96 bits per heavy atom. The molecule has 3 heterocycles. The Bertz CT molecular complexity index is 980. The van der Waals surface area contributed by atoms with Gasteiger partial charge in [0.15, 0.2) is 0 Å². The summed E-state index contributed by atoms with van der Waals surface area (Å²) in [6.07, 6.45) is 6.40. The number of aromatic nitrogens is 3. The van der Waals surface area contributed by atoms with E-state index in [9.17, 15) is 9.59 Å². The number of carbonyl (C=O) groups excluding carboxylic acids is 2. The first-order chi connectivity index (χ1) is 13.5. The van der Waals surface area contributed by atoms with Crippen molar-refractivity contribution in [3.8, 4) is 0 Å². The molecule has 0 aliphatic rings. The molecule has 0 aromatic carbocycles. The van der Waals surface area contributed by atoms with E-state index in [-0.39, 0.29) is 11.8 Å². The first-order valence-corrected chi connectivity index (χ1v) is 9.49. The van der Waals surface area contributed by atoms with Crippen LogP contribution in [-0.2, 0) is 4.79 Å². The minimum absolute atomic E-state index is 0.0384. The van der Waals surface area contributed by atoms with Crippen LogP contribution >= 0.6 is 0 Å². The van der Waals surface area contributed by atoms with Crippen LogP contribution < -0.4 is 10.6 Å². The second kappa shape index (κ2) is 9.12. The van der Waals surface area contributed by atoms with Crippen LogP contribution in [0.25, 0.3) is 5.65 Å². The van der Waals surface area contributed by atoms with Crippen LogP contribution in [0, 0.1) is 13.8 Å². The molecule has 0 aliphatic carbocycles. The summed E-state index contributed by atoms with van der Waals surface area (Å²) in [6, 6.07) is 9.38. The number of anilines is 1. The van der Waals surface area contributed by atoms with E-state index in [0.717, 1.165) is 30.5 Å². The number of nitrogens with one attached hydrogen (secondary N) is 2. The molecule has 7 heteroatoms. The molecule has 146 valence electrons. The molecule has 0 fully saturated rings. The maximum absolute atomic E-state index is 12.5. The van der Waals surface area contributed by atoms with Crippen LogP contribution in [0.1, 0.15) is 47.4 Å². The Labute approximate surface area is 164 Å². The maximum Gasteiger partial charge on any atom is 0.270 e. The van der Waals surface area contributed by atoms with E-state index in [2.05, 4.69) is 20.6 Å². The zero-order valence-electron chi connectivity index (χ0n) is 16.2. The molecule has 3 rings (SSSR count). The lowest BCUT2D eigenvalue weighted by Gasteiger charge is -2.07. The maximum atomic E-state index is 12.5. The van der Waals surface area contributed by atoms with E-state index in [4.69, 9.17) is 0 Å². The highest BCUT2D eigenvalue weighted by Gasteiger charge is 2.15. The molecule has 28 heavy (non-hydrogen) atoms. The number of amides is 2. The minimum Gasteiger partial charge on any atom is -0.351 e. The summed E-state index contributed by atoms with van der Waals surface area (Å²) in [5, 5.41) is 5.75. The van der Waals surface area contributed by atoms with Crippen LogP contribution in [0.15, 0.2) is 42.7 Å². The predicted octanol–water partition coefficient (Wildman–Crippen LogP) is 3.28. The van der Waals surface area contributed by atoms with Crippen LogP contribution in [-0.4, -0.2) is 32.7 Å². The summed E-state index contributed by atoms with van der Waals surface area (Å²) < 4.78 is 1.80. The molecule has 7 nitrogen and oxygen atoms in total. The highest BCUT2D eigenvalue weighted by atomic mass is 16.2. The fourth-order valence-electron chi connectivity index (χ4n) is 3.07. The first kappa shape index (κ1) is 19.5. The number of hydrogen-bond acceptors (Lipinski definition) is 4. The van der Waals surface area contributed by atoms with Crippen molar-refractivity contribution in [1.29, 1.82) is 0 Å². The van der Waals surface area contributed by atoms with E-state index in [1.807, 2.05) is 50.4 Å². The van der Waals surface area contributed by atoms with Crippen LogP contribution in [0.4, 0.5) is 5.82 Å². The Morgan fingerprint density at radius 3 is 2.79 bits per heavy atom. The number of pyridine rings is 2. The summed E-state index contributed by atoms with van der Waals surface area (Å²) in [5.74, 6) is 0.420. The van der Waals surface area contributed by atoms with E-state index in [1.165, 1.54) is 0 Å². The van der Waals surface area contributed by atoms with Gasteiger partial charge in [0.25, 0.3) is 5.91 Å². The summed E-state index contributed by atoms with van der Waals surface area (Å²) in [4.78, 5) is 32.9. The molecule has 0 spiro atoms. The quantitative estimate of drug-likeness (QED) is 0.588. The van der Waals surface area contributed by atoms with E-state index in [0.29, 0.717) is 30.2 Å². The number of nitrogens with zero attached hydrogens (tertiary/aromatic N) is 3. The number of unbranched alkanes of at least 4 members (excludes halogenated alkanes) is 2. The summed E-state index contributed by atoms with van der Waals surface area (Å²) >= 11 is 0. The molecule has 3 aromatic rings. The van der Waals surface area contributed by atoms with Crippen molar-refractivity contribution in [3.63, 3.8) is 0 Å². The van der Waals surface area contributed by atoms with Gasteiger partial charge in [-0.2, -0.15) is 0 Å². The van der Waals surface area contributed by atoms with Gasteiger partial charge in [-0.1, -0.05) is 12.5 Å². The molecule has 0 saturated heterocycles. The van der Waals surface area contributed by atoms with Gasteiger partial charge in [-0.05, 0) is 56.5 Å². The molecule has 2 amide bonds. The molecular weight excluding hydrogens is 354 g/mol. The number of fused-ring (bicyclic) bond motifs is 1. The lowest BCUT2D eigenvalue weighted by atomic mass is 10.2. The largest absolute Gasteiger partial charge is 0.351 e. The fourth-order valence-corrected chi connectivity index (χ4v) is 3.07. The number of carbonyl (C=O) groups is 2. The highest BCUT2D eigenvalue weighted by Crippen LogP contribution is 2.12. The van der Waals surface area contributed by atoms with Gasteiger partial charge >= 0.3 is 0 Å². The Balaban J connectivity index is 1.37. The molecule has 0 saturated carbocycles. The van der Waals surface area contributed by atoms with Crippen LogP contribution in [0.2, 0.25) is 0 Å². The van der Waals surface area contributed by atoms with Gasteiger partial charge in [0, 0.05) is 25.4 Å². The molecule has 3 aromatic heterocycles. The summed E-state index contributed by atoms with van der Waals surface area (Å²) in [5.41, 5.74) is 3.10. The number of rotatable bonds is 8. The standard InChI is InChI=1S/C21H25N5O2/c1-15-10-12-22-17(14-15)25-19(27)9-4-3-6-11-23-21(28)20-16(2)24-18-8-5-7-13-26(18)20/h5,7-8,10,12-14H,3-4,6,9,11H2,1-2H3,(H,23,28)(H,22,25,27). The van der Waals surface area contributed by atoms with Crippen LogP contribution in [0.5, 0.6) is 0 Å². The van der Waals surface area contributed by atoms with Gasteiger partial charge in [-0.3, -0.25) is 14.0 Å². The SMILES string of the molecule is Cc1ccnc(NC(=O)CCCCCNC(=O)c2c(C)nc3ccccn23)c1. The lowest BCUT2D eigenvalue weighted by molar-refractivity contribution is -0.116. The van der Waals surface area contributed by atoms with Gasteiger partial charge in [-0.15, -0.1) is 0 Å². The van der Waals surface area contributed by atoms with Crippen molar-refractivity contribution in [1.82, 2.24) is 19.7 Å². The van der Waals surface area contributed by atoms with Crippen molar-refractivity contribution in [3.05, 3.63) is 59.7 Å². The van der Waals surface area contributed by atoms with Crippen molar-refractivity contribution in [2.24, 2.45) is 0 Å². The Hall–Kier alpha value is -3.22. The van der Waals surface area contributed by atoms with Crippen molar-refractivity contribution >= 4 is 23.3 Å². The van der Waals surface area contributed by atoms with E-state index in [1.54, 1.807) is 10.6 Å². The molecule has 2 N–H and O–H groups in total. The van der Waals surface area contributed by atoms with Gasteiger partial charge in [0.05, 0.1) is 5.69 Å². The van der Waals surface area contributed by atoms with Crippen molar-refractivity contribution in [2.45, 2.75) is 39.5 Å². The second-order valence-corrected chi connectivity index (χ2v) is 6.81. The topological polar surface area (TPSA) is 88.4 Å². The van der Waals surface area contributed by atoms with E-state index >= 15 is 0 Å². The number of hydrogen-bond donors (Lipinski definition) is 2.